The summed E-state index contributed by atoms with van der Waals surface area (Å²) in [4.78, 5) is 0. The van der Waals surface area contributed by atoms with Crippen LogP contribution in [0.25, 0.3) is 0 Å². The number of hydrogen-bond acceptors (Lipinski definition) is 2. The van der Waals surface area contributed by atoms with Gasteiger partial charge in [-0.25, -0.2) is 0 Å². The SMILES string of the molecule is [Li][CH2]S(C)(=O)=O. The monoisotopic (exact) mass is 100 g/mol. The Kier molecular flexibility index (Phi) is 2.20. The summed E-state index contributed by atoms with van der Waals surface area (Å²) in [5, 5.41) is 0. The Morgan fingerprint density at radius 1 is 1.67 bits per heavy atom. The quantitative estimate of drug-likeness (QED) is 0.402. The number of rotatable bonds is 1. The summed E-state index contributed by atoms with van der Waals surface area (Å²) in [6, 6.07) is 0. The van der Waals surface area contributed by atoms with Crippen LogP contribution in [0, 0.1) is 0 Å². The zero-order valence-electron chi connectivity index (χ0n) is 3.93. The average Bonchev–Trinajstić information content (AvgIpc) is 1.35. The van der Waals surface area contributed by atoms with Gasteiger partial charge in [0.25, 0.3) is 0 Å². The van der Waals surface area contributed by atoms with E-state index in [1.165, 1.54) is 6.26 Å². The summed E-state index contributed by atoms with van der Waals surface area (Å²) in [6.07, 6.45) is 1.22. The first kappa shape index (κ1) is 6.55. The van der Waals surface area contributed by atoms with E-state index in [-0.39, 0.29) is 4.43 Å². The van der Waals surface area contributed by atoms with Gasteiger partial charge in [-0.15, -0.1) is 0 Å². The molecule has 0 N–H and O–H groups in total. The summed E-state index contributed by atoms with van der Waals surface area (Å²) >= 11 is 1.62. The molecule has 32 valence electrons. The Labute approximate surface area is 47.1 Å². The number of hydrogen-bond donors (Lipinski definition) is 0. The third kappa shape index (κ3) is 4.55. The molecule has 0 aromatic carbocycles. The Morgan fingerprint density at radius 3 is 1.83 bits per heavy atom. The van der Waals surface area contributed by atoms with Crippen molar-refractivity contribution in [2.45, 2.75) is 0 Å². The Hall–Kier alpha value is 0.547. The van der Waals surface area contributed by atoms with Gasteiger partial charge in [-0.1, -0.05) is 0 Å². The van der Waals surface area contributed by atoms with Gasteiger partial charge < -0.3 is 0 Å². The molecular weight excluding hydrogens is 95.0 g/mol. The van der Waals surface area contributed by atoms with E-state index >= 15 is 0 Å². The van der Waals surface area contributed by atoms with Gasteiger partial charge >= 0.3 is 46.7 Å². The molecule has 0 amide bonds. The van der Waals surface area contributed by atoms with Gasteiger partial charge in [-0.2, -0.15) is 0 Å². The molecule has 0 atom stereocenters. The molecule has 0 rings (SSSR count). The third-order valence-corrected chi connectivity index (χ3v) is 1.57. The molecule has 0 bridgehead atoms. The second kappa shape index (κ2) is 2.01. The van der Waals surface area contributed by atoms with Crippen LogP contribution in [0.3, 0.4) is 0 Å². The summed E-state index contributed by atoms with van der Waals surface area (Å²) in [7, 11) is -2.66. The molecule has 0 unspecified atom stereocenters. The van der Waals surface area contributed by atoms with E-state index in [0.717, 1.165) is 0 Å². The van der Waals surface area contributed by atoms with E-state index in [0.29, 0.717) is 0 Å². The standard InChI is InChI=1S/C2H5O2S.Li/c1-5(2,3)4;/h1H2,2H3;. The van der Waals surface area contributed by atoms with Crippen LogP contribution >= 0.6 is 0 Å². The van der Waals surface area contributed by atoms with Crippen LogP contribution in [-0.2, 0) is 9.84 Å². The molecule has 0 aliphatic rings. The summed E-state index contributed by atoms with van der Waals surface area (Å²) in [5.74, 6) is 0. The van der Waals surface area contributed by atoms with Crippen molar-refractivity contribution in [1.82, 2.24) is 0 Å². The van der Waals surface area contributed by atoms with E-state index in [2.05, 4.69) is 0 Å². The maximum atomic E-state index is 10.0. The maximum absolute atomic E-state index is 10.0. The molecule has 0 aromatic heterocycles. The van der Waals surface area contributed by atoms with Crippen molar-refractivity contribution < 1.29 is 8.42 Å². The fourth-order valence-corrected chi connectivity index (χ4v) is 0. The molecule has 4 heteroatoms. The summed E-state index contributed by atoms with van der Waals surface area (Å²) < 4.78 is 20.2. The first-order valence-corrected chi connectivity index (χ1v) is 3.80. The van der Waals surface area contributed by atoms with Crippen molar-refractivity contribution in [2.75, 3.05) is 10.7 Å². The van der Waals surface area contributed by atoms with Gasteiger partial charge in [-0.3, -0.25) is 0 Å². The van der Waals surface area contributed by atoms with Gasteiger partial charge in [0.05, 0.1) is 0 Å². The Balaban J connectivity index is 3.85. The van der Waals surface area contributed by atoms with Crippen LogP contribution in [0.5, 0.6) is 0 Å². The van der Waals surface area contributed by atoms with Crippen molar-refractivity contribution >= 4 is 27.6 Å². The van der Waals surface area contributed by atoms with Gasteiger partial charge in [0, 0.05) is 0 Å². The predicted molar refractivity (Wildman–Crippen MR) is 25.5 cm³/mol. The van der Waals surface area contributed by atoms with Crippen molar-refractivity contribution in [1.29, 1.82) is 0 Å². The third-order valence-electron chi connectivity index (χ3n) is 0.524. The van der Waals surface area contributed by atoms with Gasteiger partial charge in [-0.05, 0) is 0 Å². The molecule has 2 nitrogen and oxygen atoms in total. The van der Waals surface area contributed by atoms with Crippen LogP contribution in [0.15, 0.2) is 0 Å². The van der Waals surface area contributed by atoms with Crippen molar-refractivity contribution in [3.8, 4) is 0 Å². The van der Waals surface area contributed by atoms with Crippen molar-refractivity contribution in [2.24, 2.45) is 0 Å². The zero-order valence-corrected chi connectivity index (χ0v) is 4.75. The second-order valence-electron chi connectivity index (χ2n) is 1.21. The zero-order chi connectivity index (χ0) is 5.21. The fourth-order valence-electron chi connectivity index (χ4n) is 0. The second-order valence-corrected chi connectivity index (χ2v) is 3.64. The molecule has 0 saturated carbocycles. The van der Waals surface area contributed by atoms with Gasteiger partial charge in [0.2, 0.25) is 0 Å². The molecular formula is C2H5LiO2S. The molecule has 6 heavy (non-hydrogen) atoms. The minimum atomic E-state index is -2.66. The molecule has 0 aromatic rings. The molecule has 0 aliphatic heterocycles. The van der Waals surface area contributed by atoms with Crippen LogP contribution in [0.1, 0.15) is 0 Å². The molecule has 0 saturated heterocycles. The van der Waals surface area contributed by atoms with Crippen LogP contribution in [-0.4, -0.2) is 36.8 Å². The van der Waals surface area contributed by atoms with Crippen molar-refractivity contribution in [3.05, 3.63) is 0 Å². The first-order valence-electron chi connectivity index (χ1n) is 1.74. The van der Waals surface area contributed by atoms with E-state index in [1.54, 1.807) is 17.7 Å². The number of sulfone groups is 1. The van der Waals surface area contributed by atoms with Crippen molar-refractivity contribution in [3.63, 3.8) is 0 Å². The summed E-state index contributed by atoms with van der Waals surface area (Å²) in [5.41, 5.74) is 0. The summed E-state index contributed by atoms with van der Waals surface area (Å²) in [6.45, 7) is 0. The average molecular weight is 100 g/mol. The first-order chi connectivity index (χ1) is 2.56. The molecule has 0 spiro atoms. The molecule has 0 aliphatic carbocycles. The topological polar surface area (TPSA) is 34.1 Å². The van der Waals surface area contributed by atoms with Crippen LogP contribution in [0.4, 0.5) is 0 Å². The van der Waals surface area contributed by atoms with E-state index < -0.39 is 9.84 Å². The Morgan fingerprint density at radius 2 is 1.83 bits per heavy atom. The van der Waals surface area contributed by atoms with Crippen LogP contribution in [0.2, 0.25) is 0 Å². The molecule has 0 heterocycles. The van der Waals surface area contributed by atoms with Crippen LogP contribution < -0.4 is 0 Å². The normalized spacial score (nSPS) is 11.8. The van der Waals surface area contributed by atoms with Gasteiger partial charge in [0.15, 0.2) is 0 Å². The molecule has 0 fully saturated rings. The van der Waals surface area contributed by atoms with E-state index in [9.17, 15) is 8.42 Å². The Bertz CT molecular complexity index is 114. The molecule has 0 radical (unpaired) electrons. The minimum absolute atomic E-state index is 0.243. The van der Waals surface area contributed by atoms with E-state index in [1.807, 2.05) is 0 Å². The predicted octanol–water partition coefficient (Wildman–Crippen LogP) is -0.843. The van der Waals surface area contributed by atoms with Gasteiger partial charge in [0.1, 0.15) is 0 Å². The fraction of sp³-hybridized carbons (Fsp3) is 1.00. The van der Waals surface area contributed by atoms with E-state index in [4.69, 9.17) is 0 Å².